The van der Waals surface area contributed by atoms with E-state index >= 15 is 0 Å². The lowest BCUT2D eigenvalue weighted by Crippen LogP contribution is -2.48. The zero-order valence-electron chi connectivity index (χ0n) is 17.4. The van der Waals surface area contributed by atoms with Crippen LogP contribution in [0.1, 0.15) is 18.9 Å². The van der Waals surface area contributed by atoms with E-state index in [1.54, 1.807) is 18.2 Å². The molecule has 1 N–H and O–H groups in total. The summed E-state index contributed by atoms with van der Waals surface area (Å²) in [5, 5.41) is 14.2. The number of piperazine rings is 1. The minimum absolute atomic E-state index is 0.0321. The first-order valence-corrected chi connectivity index (χ1v) is 10.8. The Morgan fingerprint density at radius 2 is 1.81 bits per heavy atom. The smallest absolute Gasteiger partial charge is 0.288 e. The number of hydrogen-bond donors (Lipinski definition) is 1. The average Bonchev–Trinajstić information content (AvgIpc) is 2.78. The van der Waals surface area contributed by atoms with Crippen molar-refractivity contribution in [2.24, 2.45) is 0 Å². The Kier molecular flexibility index (Phi) is 7.71. The molecule has 0 saturated carbocycles. The van der Waals surface area contributed by atoms with Crippen molar-refractivity contribution in [2.75, 3.05) is 36.4 Å². The summed E-state index contributed by atoms with van der Waals surface area (Å²) in [5.74, 6) is -0.256. The van der Waals surface area contributed by atoms with E-state index in [1.807, 2.05) is 17.9 Å². The quantitative estimate of drug-likeness (QED) is 0.373. The topological polar surface area (TPSA) is 95.8 Å². The second kappa shape index (κ2) is 10.5. The molecular formula is C22H22Cl2N4O4. The summed E-state index contributed by atoms with van der Waals surface area (Å²) < 4.78 is 0. The molecule has 1 heterocycles. The van der Waals surface area contributed by atoms with E-state index in [0.717, 1.165) is 5.69 Å². The molecule has 8 nitrogen and oxygen atoms in total. The first-order chi connectivity index (χ1) is 15.3. The molecule has 1 fully saturated rings. The van der Waals surface area contributed by atoms with Crippen LogP contribution >= 0.6 is 23.2 Å². The van der Waals surface area contributed by atoms with Crippen molar-refractivity contribution in [3.05, 3.63) is 68.2 Å². The number of nitro benzene ring substituents is 1. The molecule has 0 aliphatic carbocycles. The van der Waals surface area contributed by atoms with Gasteiger partial charge in [0.1, 0.15) is 5.02 Å². The second-order valence-electron chi connectivity index (χ2n) is 7.18. The van der Waals surface area contributed by atoms with Gasteiger partial charge in [-0.25, -0.2) is 0 Å². The Hall–Kier alpha value is -3.10. The number of carbonyl (C=O) groups excluding carboxylic acids is 2. The molecule has 0 aromatic heterocycles. The summed E-state index contributed by atoms with van der Waals surface area (Å²) in [7, 11) is 0. The van der Waals surface area contributed by atoms with Crippen LogP contribution in [0, 0.1) is 10.1 Å². The Morgan fingerprint density at radius 3 is 2.44 bits per heavy atom. The van der Waals surface area contributed by atoms with Gasteiger partial charge in [0.25, 0.3) is 5.69 Å². The van der Waals surface area contributed by atoms with Crippen LogP contribution in [-0.2, 0) is 9.59 Å². The van der Waals surface area contributed by atoms with Crippen molar-refractivity contribution in [3.63, 3.8) is 0 Å². The van der Waals surface area contributed by atoms with Gasteiger partial charge in [-0.3, -0.25) is 19.7 Å². The third-order valence-corrected chi connectivity index (χ3v) is 5.71. The van der Waals surface area contributed by atoms with Crippen LogP contribution < -0.4 is 10.2 Å². The second-order valence-corrected chi connectivity index (χ2v) is 7.99. The summed E-state index contributed by atoms with van der Waals surface area (Å²) in [4.78, 5) is 38.4. The minimum Gasteiger partial charge on any atom is -0.367 e. The van der Waals surface area contributed by atoms with Gasteiger partial charge < -0.3 is 15.1 Å². The van der Waals surface area contributed by atoms with Crippen LogP contribution in [0.25, 0.3) is 6.08 Å². The van der Waals surface area contributed by atoms with Gasteiger partial charge >= 0.3 is 0 Å². The van der Waals surface area contributed by atoms with E-state index in [1.165, 1.54) is 24.3 Å². The number of nitrogens with zero attached hydrogens (tertiary/aromatic N) is 3. The number of halogens is 2. The van der Waals surface area contributed by atoms with Crippen LogP contribution in [0.3, 0.4) is 0 Å². The highest BCUT2D eigenvalue weighted by atomic mass is 35.5. The van der Waals surface area contributed by atoms with Crippen molar-refractivity contribution in [1.82, 2.24) is 4.90 Å². The molecule has 2 aromatic carbocycles. The standard InChI is InChI=1S/C22H22Cl2N4O4/c1-2-22(30)27-11-9-26(10-12-27)19-7-5-16(14-18(19)24)25-21(29)8-4-15-3-6-17(23)20(13-15)28(31)32/h3-8,13-14H,2,9-12H2,1H3,(H,25,29)/b8-4+. The molecule has 1 saturated heterocycles. The molecule has 0 bridgehead atoms. The molecule has 2 amide bonds. The highest BCUT2D eigenvalue weighted by molar-refractivity contribution is 6.33. The van der Waals surface area contributed by atoms with Crippen molar-refractivity contribution in [3.8, 4) is 0 Å². The van der Waals surface area contributed by atoms with Crippen molar-refractivity contribution in [2.45, 2.75) is 13.3 Å². The fourth-order valence-corrected chi connectivity index (χ4v) is 3.88. The van der Waals surface area contributed by atoms with Crippen molar-refractivity contribution >= 4 is 58.2 Å². The fraction of sp³-hybridized carbons (Fsp3) is 0.273. The molecule has 3 rings (SSSR count). The van der Waals surface area contributed by atoms with Crippen LogP contribution in [0.5, 0.6) is 0 Å². The lowest BCUT2D eigenvalue weighted by molar-refractivity contribution is -0.384. The number of carbonyl (C=O) groups is 2. The number of amides is 2. The predicted molar refractivity (Wildman–Crippen MR) is 126 cm³/mol. The Bertz CT molecular complexity index is 1070. The number of nitrogens with one attached hydrogen (secondary N) is 1. The Balaban J connectivity index is 1.61. The van der Waals surface area contributed by atoms with Gasteiger partial charge in [-0.1, -0.05) is 36.2 Å². The average molecular weight is 477 g/mol. The van der Waals surface area contributed by atoms with E-state index in [9.17, 15) is 19.7 Å². The van der Waals surface area contributed by atoms with Crippen LogP contribution in [0.4, 0.5) is 17.1 Å². The minimum atomic E-state index is -0.579. The molecule has 10 heteroatoms. The molecule has 168 valence electrons. The molecule has 32 heavy (non-hydrogen) atoms. The van der Waals surface area contributed by atoms with Gasteiger partial charge in [0.15, 0.2) is 0 Å². The van der Waals surface area contributed by atoms with E-state index in [2.05, 4.69) is 10.2 Å². The maximum absolute atomic E-state index is 12.2. The monoisotopic (exact) mass is 476 g/mol. The SMILES string of the molecule is CCC(=O)N1CCN(c2ccc(NC(=O)/C=C/c3ccc(Cl)c([N+](=O)[O-])c3)cc2Cl)CC1. The highest BCUT2D eigenvalue weighted by Crippen LogP contribution is 2.30. The van der Waals surface area contributed by atoms with E-state index in [4.69, 9.17) is 23.2 Å². The lowest BCUT2D eigenvalue weighted by atomic mass is 10.2. The number of anilines is 2. The summed E-state index contributed by atoms with van der Waals surface area (Å²) in [6.07, 6.45) is 3.24. The van der Waals surface area contributed by atoms with Gasteiger partial charge in [-0.2, -0.15) is 0 Å². The van der Waals surface area contributed by atoms with Crippen molar-refractivity contribution < 1.29 is 14.5 Å². The maximum atomic E-state index is 12.2. The van der Waals surface area contributed by atoms with Gasteiger partial charge in [-0.15, -0.1) is 0 Å². The number of nitro groups is 1. The number of rotatable bonds is 6. The van der Waals surface area contributed by atoms with Crippen LogP contribution in [-0.4, -0.2) is 47.8 Å². The van der Waals surface area contributed by atoms with Gasteiger partial charge in [-0.05, 0) is 35.9 Å². The van der Waals surface area contributed by atoms with E-state index < -0.39 is 10.8 Å². The summed E-state index contributed by atoms with van der Waals surface area (Å²) >= 11 is 12.2. The lowest BCUT2D eigenvalue weighted by Gasteiger charge is -2.36. The first-order valence-electron chi connectivity index (χ1n) is 10.0. The van der Waals surface area contributed by atoms with Crippen LogP contribution in [0.2, 0.25) is 10.0 Å². The normalized spacial score (nSPS) is 14.0. The zero-order chi connectivity index (χ0) is 23.3. The number of hydrogen-bond acceptors (Lipinski definition) is 5. The van der Waals surface area contributed by atoms with Gasteiger partial charge in [0.05, 0.1) is 15.6 Å². The molecule has 1 aliphatic heterocycles. The molecule has 0 unspecified atom stereocenters. The summed E-state index contributed by atoms with van der Waals surface area (Å²) in [5.41, 5.74) is 1.62. The Morgan fingerprint density at radius 1 is 1.09 bits per heavy atom. The Labute approximate surface area is 195 Å². The summed E-state index contributed by atoms with van der Waals surface area (Å²) in [6.45, 7) is 4.53. The molecule has 0 radical (unpaired) electrons. The largest absolute Gasteiger partial charge is 0.367 e. The molecule has 1 aliphatic rings. The van der Waals surface area contributed by atoms with Gasteiger partial charge in [0.2, 0.25) is 11.8 Å². The third-order valence-electron chi connectivity index (χ3n) is 5.08. The van der Waals surface area contributed by atoms with Gasteiger partial charge in [0, 0.05) is 50.4 Å². The summed E-state index contributed by atoms with van der Waals surface area (Å²) in [6, 6.07) is 9.54. The maximum Gasteiger partial charge on any atom is 0.288 e. The number of benzene rings is 2. The fourth-order valence-electron chi connectivity index (χ4n) is 3.39. The van der Waals surface area contributed by atoms with Crippen molar-refractivity contribution in [1.29, 1.82) is 0 Å². The van der Waals surface area contributed by atoms with E-state index in [0.29, 0.717) is 48.9 Å². The third kappa shape index (κ3) is 5.77. The highest BCUT2D eigenvalue weighted by Gasteiger charge is 2.21. The first kappa shape index (κ1) is 23.6. The molecule has 0 atom stereocenters. The molecular weight excluding hydrogens is 455 g/mol. The van der Waals surface area contributed by atoms with Crippen LogP contribution in [0.15, 0.2) is 42.5 Å². The predicted octanol–water partition coefficient (Wildman–Crippen LogP) is 4.61. The molecule has 0 spiro atoms. The van der Waals surface area contributed by atoms with E-state index in [-0.39, 0.29) is 16.6 Å². The zero-order valence-corrected chi connectivity index (χ0v) is 18.9. The molecule has 2 aromatic rings.